The lowest BCUT2D eigenvalue weighted by Gasteiger charge is -2.05. The molecule has 1 N–H and O–H groups in total. The lowest BCUT2D eigenvalue weighted by molar-refractivity contribution is -0.385. The minimum Gasteiger partial charge on any atom is -0.508 e. The largest absolute Gasteiger partial charge is 0.508 e. The summed E-state index contributed by atoms with van der Waals surface area (Å²) in [6.07, 6.45) is 1.16. The summed E-state index contributed by atoms with van der Waals surface area (Å²) >= 11 is 3.18. The van der Waals surface area contributed by atoms with Crippen molar-refractivity contribution in [3.63, 3.8) is 0 Å². The van der Waals surface area contributed by atoms with Crippen LogP contribution < -0.4 is 4.74 Å². The molecule has 0 saturated heterocycles. The summed E-state index contributed by atoms with van der Waals surface area (Å²) in [5.74, 6) is 1.24. The van der Waals surface area contributed by atoms with Crippen molar-refractivity contribution in [3.05, 3.63) is 87.5 Å². The van der Waals surface area contributed by atoms with Crippen LogP contribution in [0.2, 0.25) is 0 Å². The van der Waals surface area contributed by atoms with Gasteiger partial charge in [-0.15, -0.1) is 0 Å². The molecule has 0 fully saturated rings. The number of nitrogens with zero attached hydrogens (tertiary/aromatic N) is 2. The first-order valence-electron chi connectivity index (χ1n) is 6.83. The Morgan fingerprint density at radius 2 is 1.62 bits per heavy atom. The summed E-state index contributed by atoms with van der Waals surface area (Å²) in [4.78, 5) is 13.9. The van der Waals surface area contributed by atoms with Crippen molar-refractivity contribution >= 4 is 21.6 Å². The van der Waals surface area contributed by atoms with Crippen molar-refractivity contribution in [2.75, 3.05) is 0 Å². The summed E-state index contributed by atoms with van der Waals surface area (Å²) in [5, 5.41) is 19.2. The third kappa shape index (κ3) is 5.36. The van der Waals surface area contributed by atoms with Gasteiger partial charge in [0.1, 0.15) is 17.7 Å². The number of aromatic hydroxyl groups is 1. The van der Waals surface area contributed by atoms with Crippen LogP contribution in [0.4, 0.5) is 5.69 Å². The van der Waals surface area contributed by atoms with Gasteiger partial charge < -0.3 is 9.84 Å². The highest BCUT2D eigenvalue weighted by molar-refractivity contribution is 9.10. The third-order valence-electron chi connectivity index (χ3n) is 2.72. The van der Waals surface area contributed by atoms with Gasteiger partial charge in [0.05, 0.1) is 9.40 Å². The van der Waals surface area contributed by atoms with Gasteiger partial charge in [-0.3, -0.25) is 10.1 Å². The molecule has 0 aliphatic carbocycles. The number of para-hydroxylation sites is 2. The quantitative estimate of drug-likeness (QED) is 0.507. The first-order chi connectivity index (χ1) is 11.6. The summed E-state index contributed by atoms with van der Waals surface area (Å²) in [7, 11) is 0. The summed E-state index contributed by atoms with van der Waals surface area (Å²) in [6, 6.07) is 19.1. The van der Waals surface area contributed by atoms with Crippen LogP contribution in [-0.2, 0) is 0 Å². The monoisotopic (exact) mass is 388 g/mol. The topological polar surface area (TPSA) is 85.5 Å². The maximum absolute atomic E-state index is 10.5. The number of phenols is 1. The summed E-state index contributed by atoms with van der Waals surface area (Å²) in [6.45, 7) is 0. The molecule has 6 nitrogen and oxygen atoms in total. The van der Waals surface area contributed by atoms with Gasteiger partial charge in [0.2, 0.25) is 5.88 Å². The van der Waals surface area contributed by atoms with Crippen LogP contribution in [0.25, 0.3) is 0 Å². The van der Waals surface area contributed by atoms with Crippen LogP contribution in [0.5, 0.6) is 17.4 Å². The van der Waals surface area contributed by atoms with Crippen molar-refractivity contribution < 1.29 is 14.8 Å². The van der Waals surface area contributed by atoms with E-state index >= 15 is 0 Å². The predicted octanol–water partition coefficient (Wildman–Crippen LogP) is 4.94. The van der Waals surface area contributed by atoms with E-state index in [-0.39, 0.29) is 5.69 Å². The Morgan fingerprint density at radius 3 is 2.08 bits per heavy atom. The van der Waals surface area contributed by atoms with Crippen LogP contribution >= 0.6 is 15.9 Å². The fraction of sp³-hybridized carbons (Fsp3) is 0. The molecule has 0 aliphatic heterocycles. The fourth-order valence-electron chi connectivity index (χ4n) is 1.62. The first kappa shape index (κ1) is 17.4. The van der Waals surface area contributed by atoms with E-state index in [1.54, 1.807) is 36.4 Å². The molecule has 2 aromatic carbocycles. The Bertz CT molecular complexity index is 798. The Kier molecular flexibility index (Phi) is 6.27. The molecule has 1 aromatic heterocycles. The van der Waals surface area contributed by atoms with Crippen molar-refractivity contribution in [2.24, 2.45) is 0 Å². The second-order valence-corrected chi connectivity index (χ2v) is 5.34. The van der Waals surface area contributed by atoms with E-state index in [9.17, 15) is 10.1 Å². The Hall–Kier alpha value is -2.93. The van der Waals surface area contributed by atoms with Crippen LogP contribution in [-0.4, -0.2) is 15.0 Å². The second-order valence-electron chi connectivity index (χ2n) is 4.49. The minimum atomic E-state index is -0.510. The van der Waals surface area contributed by atoms with Gasteiger partial charge in [0.25, 0.3) is 5.69 Å². The fourth-order valence-corrected chi connectivity index (χ4v) is 2.04. The number of benzene rings is 2. The van der Waals surface area contributed by atoms with Crippen LogP contribution in [0.15, 0.2) is 77.4 Å². The second kappa shape index (κ2) is 8.64. The van der Waals surface area contributed by atoms with Gasteiger partial charge in [-0.25, -0.2) is 4.98 Å². The molecule has 7 heteroatoms. The Labute approximate surface area is 146 Å². The van der Waals surface area contributed by atoms with Gasteiger partial charge in [0.15, 0.2) is 0 Å². The molecule has 0 radical (unpaired) electrons. The van der Waals surface area contributed by atoms with Gasteiger partial charge in [-0.2, -0.15) is 0 Å². The normalized spacial score (nSPS) is 9.54. The Morgan fingerprint density at radius 1 is 1.04 bits per heavy atom. The lowest BCUT2D eigenvalue weighted by Crippen LogP contribution is -1.93. The zero-order valence-electron chi connectivity index (χ0n) is 12.4. The van der Waals surface area contributed by atoms with Crippen molar-refractivity contribution in [2.45, 2.75) is 0 Å². The van der Waals surface area contributed by atoms with E-state index in [0.29, 0.717) is 21.9 Å². The van der Waals surface area contributed by atoms with Crippen molar-refractivity contribution in [1.29, 1.82) is 0 Å². The molecule has 0 spiro atoms. The molecule has 0 saturated carbocycles. The SMILES string of the molecule is O=[N+]([O-])c1cnc(Oc2ccccc2)c(Br)c1.Oc1ccccc1. The summed E-state index contributed by atoms with van der Waals surface area (Å²) in [5.41, 5.74) is -0.0858. The number of phenolic OH excluding ortho intramolecular Hbond substituents is 1. The van der Waals surface area contributed by atoms with Crippen molar-refractivity contribution in [3.8, 4) is 17.4 Å². The highest BCUT2D eigenvalue weighted by Gasteiger charge is 2.11. The molecule has 1 heterocycles. The number of hydrogen-bond acceptors (Lipinski definition) is 5. The molecule has 3 aromatic rings. The van der Waals surface area contributed by atoms with Gasteiger partial charge in [-0.1, -0.05) is 36.4 Å². The van der Waals surface area contributed by atoms with E-state index in [1.807, 2.05) is 24.3 Å². The average Bonchev–Trinajstić information content (AvgIpc) is 2.59. The lowest BCUT2D eigenvalue weighted by atomic mass is 10.3. The first-order valence-corrected chi connectivity index (χ1v) is 7.62. The maximum atomic E-state index is 10.5. The minimum absolute atomic E-state index is 0.0858. The van der Waals surface area contributed by atoms with E-state index in [1.165, 1.54) is 6.07 Å². The van der Waals surface area contributed by atoms with Crippen LogP contribution in [0, 0.1) is 10.1 Å². The molecular formula is C17H13BrN2O4. The standard InChI is InChI=1S/C11H7BrN2O3.C6H6O/c12-10-6-8(14(15)16)7-13-11(10)17-9-4-2-1-3-5-9;7-6-4-2-1-3-5-6/h1-7H;1-5,7H. The molecule has 0 bridgehead atoms. The molecule has 3 rings (SSSR count). The number of halogens is 1. The number of ether oxygens (including phenoxy) is 1. The van der Waals surface area contributed by atoms with Gasteiger partial charge >= 0.3 is 0 Å². The van der Waals surface area contributed by atoms with E-state index < -0.39 is 4.92 Å². The number of rotatable bonds is 3. The average molecular weight is 389 g/mol. The maximum Gasteiger partial charge on any atom is 0.288 e. The number of nitro groups is 1. The highest BCUT2D eigenvalue weighted by Crippen LogP contribution is 2.29. The van der Waals surface area contributed by atoms with Crippen molar-refractivity contribution in [1.82, 2.24) is 4.98 Å². The zero-order chi connectivity index (χ0) is 17.4. The van der Waals surface area contributed by atoms with Crippen LogP contribution in [0.3, 0.4) is 0 Å². The zero-order valence-corrected chi connectivity index (χ0v) is 14.0. The highest BCUT2D eigenvalue weighted by atomic mass is 79.9. The molecule has 122 valence electrons. The molecular weight excluding hydrogens is 376 g/mol. The Balaban J connectivity index is 0.000000249. The molecule has 0 atom stereocenters. The van der Waals surface area contributed by atoms with Gasteiger partial charge in [-0.05, 0) is 40.2 Å². The smallest absolute Gasteiger partial charge is 0.288 e. The van der Waals surface area contributed by atoms with Crippen LogP contribution in [0.1, 0.15) is 0 Å². The third-order valence-corrected chi connectivity index (χ3v) is 3.29. The molecule has 0 aliphatic rings. The summed E-state index contributed by atoms with van der Waals surface area (Å²) < 4.78 is 5.90. The predicted molar refractivity (Wildman–Crippen MR) is 93.2 cm³/mol. The number of aromatic nitrogens is 1. The molecule has 0 unspecified atom stereocenters. The van der Waals surface area contributed by atoms with Gasteiger partial charge in [0, 0.05) is 6.07 Å². The number of hydrogen-bond donors (Lipinski definition) is 1. The molecule has 0 amide bonds. The molecule has 24 heavy (non-hydrogen) atoms. The van der Waals surface area contributed by atoms with E-state index in [4.69, 9.17) is 9.84 Å². The van der Waals surface area contributed by atoms with E-state index in [0.717, 1.165) is 6.20 Å². The van der Waals surface area contributed by atoms with E-state index in [2.05, 4.69) is 20.9 Å². The number of pyridine rings is 1.